The minimum atomic E-state index is 0.235. The molecule has 0 fully saturated rings. The van der Waals surface area contributed by atoms with E-state index < -0.39 is 0 Å². The van der Waals surface area contributed by atoms with E-state index >= 15 is 0 Å². The summed E-state index contributed by atoms with van der Waals surface area (Å²) < 4.78 is 0. The average Bonchev–Trinajstić information content (AvgIpc) is 2.42. The number of rotatable bonds is 4. The van der Waals surface area contributed by atoms with E-state index in [1.54, 1.807) is 18.2 Å². The van der Waals surface area contributed by atoms with Crippen LogP contribution in [0.25, 0.3) is 0 Å². The zero-order chi connectivity index (χ0) is 14.7. The highest BCUT2D eigenvalue weighted by molar-refractivity contribution is 6.35. The quantitative estimate of drug-likeness (QED) is 0.860. The largest absolute Gasteiger partial charge is 0.373 e. The molecule has 0 saturated carbocycles. The number of halogens is 2. The zero-order valence-corrected chi connectivity index (χ0v) is 13.0. The van der Waals surface area contributed by atoms with E-state index in [0.29, 0.717) is 15.9 Å². The first-order valence-electron chi connectivity index (χ1n) is 6.28. The molecule has 2 N–H and O–H groups in total. The van der Waals surface area contributed by atoms with Crippen molar-refractivity contribution in [1.82, 2.24) is 9.97 Å². The molecule has 0 radical (unpaired) electrons. The molecule has 0 amide bonds. The highest BCUT2D eigenvalue weighted by atomic mass is 35.5. The SMILES string of the molecule is CNc1cc(Nc2cc(Cl)ccc2Cl)nc(C(C)C)n1. The third kappa shape index (κ3) is 3.52. The zero-order valence-electron chi connectivity index (χ0n) is 11.5. The third-order valence-corrected chi connectivity index (χ3v) is 3.27. The fraction of sp³-hybridized carbons (Fsp3) is 0.286. The number of anilines is 3. The van der Waals surface area contributed by atoms with E-state index in [0.717, 1.165) is 17.3 Å². The highest BCUT2D eigenvalue weighted by Crippen LogP contribution is 2.28. The lowest BCUT2D eigenvalue weighted by Gasteiger charge is -2.12. The number of nitrogens with zero attached hydrogens (tertiary/aromatic N) is 2. The first-order chi connectivity index (χ1) is 9.49. The van der Waals surface area contributed by atoms with Crippen LogP contribution in [0, 0.1) is 0 Å². The van der Waals surface area contributed by atoms with E-state index in [1.165, 1.54) is 0 Å². The molecule has 0 spiro atoms. The molecular weight excluding hydrogens is 295 g/mol. The van der Waals surface area contributed by atoms with Gasteiger partial charge in [-0.3, -0.25) is 0 Å². The normalized spacial score (nSPS) is 10.7. The Morgan fingerprint density at radius 1 is 1.05 bits per heavy atom. The fourth-order valence-corrected chi connectivity index (χ4v) is 1.98. The van der Waals surface area contributed by atoms with Crippen molar-refractivity contribution >= 4 is 40.5 Å². The van der Waals surface area contributed by atoms with Crippen LogP contribution < -0.4 is 10.6 Å². The Hall–Kier alpha value is -1.52. The average molecular weight is 311 g/mol. The molecule has 0 saturated heterocycles. The molecule has 2 rings (SSSR count). The Labute approximate surface area is 128 Å². The molecule has 1 aromatic carbocycles. The minimum Gasteiger partial charge on any atom is -0.373 e. The van der Waals surface area contributed by atoms with Gasteiger partial charge < -0.3 is 10.6 Å². The van der Waals surface area contributed by atoms with Crippen molar-refractivity contribution in [3.63, 3.8) is 0 Å². The molecule has 0 atom stereocenters. The van der Waals surface area contributed by atoms with Gasteiger partial charge in [0.1, 0.15) is 17.5 Å². The van der Waals surface area contributed by atoms with E-state index in [-0.39, 0.29) is 5.92 Å². The molecule has 6 heteroatoms. The number of aromatic nitrogens is 2. The summed E-state index contributed by atoms with van der Waals surface area (Å²) in [6.07, 6.45) is 0. The first-order valence-corrected chi connectivity index (χ1v) is 7.04. The summed E-state index contributed by atoms with van der Waals surface area (Å²) in [5.41, 5.74) is 0.717. The van der Waals surface area contributed by atoms with Crippen LogP contribution in [0.3, 0.4) is 0 Å². The summed E-state index contributed by atoms with van der Waals surface area (Å²) in [5, 5.41) is 7.40. The molecule has 20 heavy (non-hydrogen) atoms. The summed E-state index contributed by atoms with van der Waals surface area (Å²) in [6.45, 7) is 4.09. The topological polar surface area (TPSA) is 49.8 Å². The smallest absolute Gasteiger partial charge is 0.136 e. The molecule has 0 aliphatic carbocycles. The van der Waals surface area contributed by atoms with Gasteiger partial charge in [0, 0.05) is 24.1 Å². The first kappa shape index (κ1) is 14.9. The summed E-state index contributed by atoms with van der Waals surface area (Å²) in [7, 11) is 1.82. The lowest BCUT2D eigenvalue weighted by atomic mass is 10.2. The van der Waals surface area contributed by atoms with Crippen LogP contribution in [0.5, 0.6) is 0 Å². The Morgan fingerprint density at radius 2 is 1.75 bits per heavy atom. The van der Waals surface area contributed by atoms with Crippen molar-refractivity contribution in [3.8, 4) is 0 Å². The number of benzene rings is 1. The Bertz CT molecular complexity index is 614. The molecular formula is C14H16Cl2N4. The second-order valence-corrected chi connectivity index (χ2v) is 5.49. The van der Waals surface area contributed by atoms with Gasteiger partial charge in [-0.15, -0.1) is 0 Å². The van der Waals surface area contributed by atoms with Crippen molar-refractivity contribution in [2.75, 3.05) is 17.7 Å². The van der Waals surface area contributed by atoms with Gasteiger partial charge in [0.25, 0.3) is 0 Å². The van der Waals surface area contributed by atoms with Crippen molar-refractivity contribution in [3.05, 3.63) is 40.1 Å². The summed E-state index contributed by atoms with van der Waals surface area (Å²) in [5.74, 6) is 2.43. The number of nitrogens with one attached hydrogen (secondary N) is 2. The molecule has 0 bridgehead atoms. The van der Waals surface area contributed by atoms with Gasteiger partial charge in [-0.1, -0.05) is 37.0 Å². The van der Waals surface area contributed by atoms with E-state index in [1.807, 2.05) is 27.0 Å². The lowest BCUT2D eigenvalue weighted by Crippen LogP contribution is -2.05. The van der Waals surface area contributed by atoms with Crippen LogP contribution >= 0.6 is 23.2 Å². The predicted octanol–water partition coefficient (Wildman–Crippen LogP) is 4.69. The maximum absolute atomic E-state index is 6.14. The third-order valence-electron chi connectivity index (χ3n) is 2.71. The van der Waals surface area contributed by atoms with Crippen molar-refractivity contribution in [1.29, 1.82) is 0 Å². The molecule has 1 aromatic heterocycles. The van der Waals surface area contributed by atoms with E-state index in [2.05, 4.69) is 20.6 Å². The van der Waals surface area contributed by atoms with Crippen LogP contribution in [0.15, 0.2) is 24.3 Å². The standard InChI is InChI=1S/C14H16Cl2N4/c1-8(2)14-19-12(17-3)7-13(20-14)18-11-6-9(15)4-5-10(11)16/h4-8H,1-3H3,(H2,17,18,19,20). The van der Waals surface area contributed by atoms with Gasteiger partial charge in [0.15, 0.2) is 0 Å². The van der Waals surface area contributed by atoms with Gasteiger partial charge in [-0.2, -0.15) is 0 Å². The predicted molar refractivity (Wildman–Crippen MR) is 85.4 cm³/mol. The van der Waals surface area contributed by atoms with Crippen molar-refractivity contribution < 1.29 is 0 Å². The maximum Gasteiger partial charge on any atom is 0.136 e. The molecule has 0 aliphatic rings. The Kier molecular flexibility index (Phi) is 4.68. The molecule has 1 heterocycles. The second kappa shape index (κ2) is 6.29. The molecule has 2 aromatic rings. The van der Waals surface area contributed by atoms with Crippen LogP contribution in [0.2, 0.25) is 10.0 Å². The van der Waals surface area contributed by atoms with E-state index in [9.17, 15) is 0 Å². The molecule has 0 aliphatic heterocycles. The minimum absolute atomic E-state index is 0.235. The van der Waals surface area contributed by atoms with Gasteiger partial charge in [-0.25, -0.2) is 9.97 Å². The van der Waals surface area contributed by atoms with Gasteiger partial charge in [-0.05, 0) is 18.2 Å². The van der Waals surface area contributed by atoms with Crippen LogP contribution in [-0.2, 0) is 0 Å². The van der Waals surface area contributed by atoms with Crippen molar-refractivity contribution in [2.24, 2.45) is 0 Å². The fourth-order valence-electron chi connectivity index (χ4n) is 1.65. The summed E-state index contributed by atoms with van der Waals surface area (Å²) in [6, 6.07) is 7.08. The van der Waals surface area contributed by atoms with Gasteiger partial charge in [0.2, 0.25) is 0 Å². The van der Waals surface area contributed by atoms with E-state index in [4.69, 9.17) is 23.2 Å². The van der Waals surface area contributed by atoms with Gasteiger partial charge in [0.05, 0.1) is 10.7 Å². The Balaban J connectivity index is 2.37. The Morgan fingerprint density at radius 3 is 2.40 bits per heavy atom. The van der Waals surface area contributed by atoms with Crippen LogP contribution in [-0.4, -0.2) is 17.0 Å². The van der Waals surface area contributed by atoms with Crippen LogP contribution in [0.4, 0.5) is 17.3 Å². The summed E-state index contributed by atoms with van der Waals surface area (Å²) >= 11 is 12.1. The molecule has 0 unspecified atom stereocenters. The molecule has 4 nitrogen and oxygen atoms in total. The second-order valence-electron chi connectivity index (χ2n) is 4.65. The number of hydrogen-bond donors (Lipinski definition) is 2. The van der Waals surface area contributed by atoms with Crippen LogP contribution in [0.1, 0.15) is 25.6 Å². The molecule has 106 valence electrons. The summed E-state index contributed by atoms with van der Waals surface area (Å²) in [4.78, 5) is 8.89. The highest BCUT2D eigenvalue weighted by Gasteiger charge is 2.09. The van der Waals surface area contributed by atoms with Crippen molar-refractivity contribution in [2.45, 2.75) is 19.8 Å². The maximum atomic E-state index is 6.14. The van der Waals surface area contributed by atoms with Gasteiger partial charge >= 0.3 is 0 Å². The number of hydrogen-bond acceptors (Lipinski definition) is 4. The lowest BCUT2D eigenvalue weighted by molar-refractivity contribution is 0.778. The monoisotopic (exact) mass is 310 g/mol.